The van der Waals surface area contributed by atoms with Gasteiger partial charge in [-0.15, -0.1) is 0 Å². The van der Waals surface area contributed by atoms with Gasteiger partial charge >= 0.3 is 0 Å². The maximum atomic E-state index is 13.6. The van der Waals surface area contributed by atoms with Gasteiger partial charge in [0.1, 0.15) is 18.0 Å². The van der Waals surface area contributed by atoms with Crippen LogP contribution in [-0.2, 0) is 6.61 Å². The van der Waals surface area contributed by atoms with E-state index in [-0.39, 0.29) is 23.8 Å². The number of benzene rings is 4. The summed E-state index contributed by atoms with van der Waals surface area (Å²) in [6.45, 7) is 0.108. The summed E-state index contributed by atoms with van der Waals surface area (Å²) in [5.41, 5.74) is 2.08. The topological polar surface area (TPSA) is 88.1 Å². The highest BCUT2D eigenvalue weighted by Gasteiger charge is 2.18. The molecule has 0 aliphatic carbocycles. The molecule has 204 valence electrons. The summed E-state index contributed by atoms with van der Waals surface area (Å²) in [4.78, 5) is 18.3. The first-order valence-electron chi connectivity index (χ1n) is 12.7. The maximum Gasteiger partial charge on any atom is 0.282 e. The van der Waals surface area contributed by atoms with Crippen LogP contribution in [-0.4, -0.2) is 30.1 Å². The first-order valence-corrected chi connectivity index (χ1v) is 12.7. The van der Waals surface area contributed by atoms with Crippen LogP contribution in [0.5, 0.6) is 17.2 Å². The molecule has 0 radical (unpaired) electrons. The summed E-state index contributed by atoms with van der Waals surface area (Å²) < 4.78 is 37.9. The van der Waals surface area contributed by atoms with Gasteiger partial charge < -0.3 is 18.6 Å². The van der Waals surface area contributed by atoms with E-state index < -0.39 is 0 Å². The molecule has 8 nitrogen and oxygen atoms in total. The third kappa shape index (κ3) is 5.12. The first kappa shape index (κ1) is 25.8. The van der Waals surface area contributed by atoms with Crippen molar-refractivity contribution >= 4 is 28.1 Å². The number of hydrogen-bond acceptors (Lipinski definition) is 7. The van der Waals surface area contributed by atoms with Gasteiger partial charge in [-0.1, -0.05) is 42.5 Å². The van der Waals surface area contributed by atoms with Crippen LogP contribution in [0.15, 0.2) is 105 Å². The summed E-state index contributed by atoms with van der Waals surface area (Å²) in [5.74, 6) is 1.42. The number of para-hydroxylation sites is 2. The fourth-order valence-electron chi connectivity index (χ4n) is 4.51. The molecule has 0 aliphatic heterocycles. The highest BCUT2D eigenvalue weighted by atomic mass is 19.1. The molecule has 0 fully saturated rings. The zero-order chi connectivity index (χ0) is 28.3. The molecule has 6 aromatic rings. The summed E-state index contributed by atoms with van der Waals surface area (Å²) in [6, 6.07) is 26.0. The van der Waals surface area contributed by atoms with Crippen molar-refractivity contribution in [3.63, 3.8) is 0 Å². The van der Waals surface area contributed by atoms with E-state index in [1.54, 1.807) is 42.5 Å². The number of furan rings is 1. The Morgan fingerprint density at radius 3 is 2.44 bits per heavy atom. The van der Waals surface area contributed by atoms with E-state index in [0.29, 0.717) is 50.6 Å². The van der Waals surface area contributed by atoms with Gasteiger partial charge in [-0.3, -0.25) is 4.79 Å². The number of fused-ring (bicyclic) bond motifs is 2. The fourth-order valence-corrected chi connectivity index (χ4v) is 4.51. The lowest BCUT2D eigenvalue weighted by atomic mass is 10.2. The predicted molar refractivity (Wildman–Crippen MR) is 154 cm³/mol. The van der Waals surface area contributed by atoms with E-state index in [0.717, 1.165) is 5.39 Å². The Bertz CT molecular complexity index is 1920. The Kier molecular flexibility index (Phi) is 6.91. The quantitative estimate of drug-likeness (QED) is 0.204. The Balaban J connectivity index is 1.41. The molecule has 0 spiro atoms. The molecule has 4 aromatic carbocycles. The van der Waals surface area contributed by atoms with Gasteiger partial charge in [-0.25, -0.2) is 9.37 Å². The molecule has 41 heavy (non-hydrogen) atoms. The molecule has 0 amide bonds. The molecular formula is C32H24FN3O5. The van der Waals surface area contributed by atoms with E-state index >= 15 is 0 Å². The first-order chi connectivity index (χ1) is 20.0. The summed E-state index contributed by atoms with van der Waals surface area (Å²) in [7, 11) is 3.00. The molecule has 9 heteroatoms. The van der Waals surface area contributed by atoms with Crippen molar-refractivity contribution < 1.29 is 23.0 Å². The van der Waals surface area contributed by atoms with Gasteiger partial charge in [0.05, 0.1) is 31.3 Å². The fraction of sp³-hybridized carbons (Fsp3) is 0.0938. The molecular weight excluding hydrogens is 525 g/mol. The SMILES string of the molecule is COc1cc(C=Nn2c(-c3cc4ccccc4o3)nc3ccccc3c2=O)cc(OC)c1OCc1cccc(F)c1. The Labute approximate surface area is 233 Å². The lowest BCUT2D eigenvalue weighted by Crippen LogP contribution is -2.20. The number of hydrogen-bond donors (Lipinski definition) is 0. The standard InChI is InChI=1S/C32H24FN3O5/c1-38-27-15-21(16-28(39-2)30(27)40-19-20-8-7-10-23(33)14-20)18-34-36-31(29-17-22-9-3-6-13-26(22)41-29)35-25-12-5-4-11-24(25)32(36)37/h3-18H,19H2,1-2H3. The monoisotopic (exact) mass is 549 g/mol. The number of methoxy groups -OCH3 is 2. The molecule has 2 aromatic heterocycles. The average Bonchev–Trinajstić information content (AvgIpc) is 3.43. The summed E-state index contributed by atoms with van der Waals surface area (Å²) >= 11 is 0. The van der Waals surface area contributed by atoms with Crippen LogP contribution in [0.1, 0.15) is 11.1 Å². The third-order valence-electron chi connectivity index (χ3n) is 6.48. The molecule has 0 N–H and O–H groups in total. The van der Waals surface area contributed by atoms with E-state index in [2.05, 4.69) is 5.10 Å². The van der Waals surface area contributed by atoms with Crippen LogP contribution in [0.2, 0.25) is 0 Å². The smallest absolute Gasteiger partial charge is 0.282 e. The van der Waals surface area contributed by atoms with E-state index in [1.807, 2.05) is 36.4 Å². The number of halogens is 1. The minimum absolute atomic E-state index is 0.108. The van der Waals surface area contributed by atoms with E-state index in [9.17, 15) is 9.18 Å². The number of ether oxygens (including phenoxy) is 3. The minimum Gasteiger partial charge on any atom is -0.493 e. The molecule has 0 bridgehead atoms. The normalized spacial score (nSPS) is 11.4. The van der Waals surface area contributed by atoms with E-state index in [1.165, 1.54) is 37.2 Å². The van der Waals surface area contributed by atoms with Gasteiger partial charge in [0, 0.05) is 10.9 Å². The van der Waals surface area contributed by atoms with Crippen molar-refractivity contribution in [3.8, 4) is 28.8 Å². The summed E-state index contributed by atoms with van der Waals surface area (Å²) in [5, 5.41) is 5.82. The molecule has 0 atom stereocenters. The van der Waals surface area contributed by atoms with Gasteiger partial charge in [0.25, 0.3) is 5.56 Å². The van der Waals surface area contributed by atoms with Crippen LogP contribution in [0.3, 0.4) is 0 Å². The number of nitrogens with zero attached hydrogens (tertiary/aromatic N) is 3. The highest BCUT2D eigenvalue weighted by molar-refractivity contribution is 5.85. The van der Waals surface area contributed by atoms with Crippen LogP contribution in [0.4, 0.5) is 4.39 Å². The molecule has 0 aliphatic rings. The van der Waals surface area contributed by atoms with E-state index in [4.69, 9.17) is 23.6 Å². The lowest BCUT2D eigenvalue weighted by molar-refractivity contribution is 0.265. The van der Waals surface area contributed by atoms with Crippen molar-refractivity contribution in [1.29, 1.82) is 0 Å². The average molecular weight is 550 g/mol. The Hall–Kier alpha value is -5.44. The largest absolute Gasteiger partial charge is 0.493 e. The van der Waals surface area contributed by atoms with Crippen LogP contribution >= 0.6 is 0 Å². The van der Waals surface area contributed by atoms with Crippen LogP contribution in [0.25, 0.3) is 33.5 Å². The predicted octanol–water partition coefficient (Wildman–Crippen LogP) is 6.43. The molecule has 6 rings (SSSR count). The third-order valence-corrected chi connectivity index (χ3v) is 6.48. The van der Waals surface area contributed by atoms with Crippen molar-refractivity contribution in [2.24, 2.45) is 5.10 Å². The maximum absolute atomic E-state index is 13.6. The number of rotatable bonds is 8. The van der Waals surface area contributed by atoms with Crippen molar-refractivity contribution in [3.05, 3.63) is 118 Å². The van der Waals surface area contributed by atoms with Crippen molar-refractivity contribution in [2.75, 3.05) is 14.2 Å². The second kappa shape index (κ2) is 11.0. The molecule has 2 heterocycles. The molecule has 0 saturated carbocycles. The second-order valence-corrected chi connectivity index (χ2v) is 9.14. The number of aromatic nitrogens is 2. The van der Waals surface area contributed by atoms with Gasteiger partial charge in [0.2, 0.25) is 11.6 Å². The van der Waals surface area contributed by atoms with Gasteiger partial charge in [0.15, 0.2) is 17.3 Å². The lowest BCUT2D eigenvalue weighted by Gasteiger charge is -2.15. The minimum atomic E-state index is -0.351. The second-order valence-electron chi connectivity index (χ2n) is 9.14. The van der Waals surface area contributed by atoms with Crippen LogP contribution < -0.4 is 19.8 Å². The zero-order valence-electron chi connectivity index (χ0n) is 22.2. The Morgan fingerprint density at radius 2 is 1.68 bits per heavy atom. The van der Waals surface area contributed by atoms with Crippen molar-refractivity contribution in [2.45, 2.75) is 6.61 Å². The van der Waals surface area contributed by atoms with Crippen molar-refractivity contribution in [1.82, 2.24) is 9.66 Å². The molecule has 0 saturated heterocycles. The van der Waals surface area contributed by atoms with Crippen LogP contribution in [0, 0.1) is 5.82 Å². The van der Waals surface area contributed by atoms with Gasteiger partial charge in [-0.2, -0.15) is 9.78 Å². The van der Waals surface area contributed by atoms with Gasteiger partial charge in [-0.05, 0) is 54.1 Å². The summed E-state index contributed by atoms with van der Waals surface area (Å²) in [6.07, 6.45) is 1.51. The molecule has 0 unspecified atom stereocenters. The highest BCUT2D eigenvalue weighted by Crippen LogP contribution is 2.39. The Morgan fingerprint density at radius 1 is 0.927 bits per heavy atom. The zero-order valence-corrected chi connectivity index (χ0v) is 22.2.